The van der Waals surface area contributed by atoms with Crippen LogP contribution in [0.15, 0.2) is 24.3 Å². The van der Waals surface area contributed by atoms with E-state index >= 15 is 0 Å². The van der Waals surface area contributed by atoms with Crippen molar-refractivity contribution in [1.82, 2.24) is 10.6 Å². The number of carbonyl (C=O) groups is 1. The summed E-state index contributed by atoms with van der Waals surface area (Å²) in [5.74, 6) is 0.117. The molecule has 1 aliphatic rings. The van der Waals surface area contributed by atoms with E-state index in [4.69, 9.17) is 11.6 Å². The van der Waals surface area contributed by atoms with Gasteiger partial charge >= 0.3 is 0 Å². The summed E-state index contributed by atoms with van der Waals surface area (Å²) >= 11 is 5.99. The summed E-state index contributed by atoms with van der Waals surface area (Å²) in [6, 6.07) is 7.91. The van der Waals surface area contributed by atoms with Gasteiger partial charge < -0.3 is 10.6 Å². The van der Waals surface area contributed by atoms with Gasteiger partial charge in [-0.3, -0.25) is 4.79 Å². The zero-order valence-electron chi connectivity index (χ0n) is 10.8. The van der Waals surface area contributed by atoms with Crippen LogP contribution >= 0.6 is 11.6 Å². The van der Waals surface area contributed by atoms with Gasteiger partial charge in [-0.1, -0.05) is 23.7 Å². The van der Waals surface area contributed by atoms with Crippen molar-refractivity contribution in [2.75, 3.05) is 13.6 Å². The van der Waals surface area contributed by atoms with Crippen molar-refractivity contribution in [1.29, 1.82) is 0 Å². The van der Waals surface area contributed by atoms with Crippen LogP contribution in [0.2, 0.25) is 5.02 Å². The lowest BCUT2D eigenvalue weighted by atomic mass is 9.95. The van der Waals surface area contributed by atoms with Crippen molar-refractivity contribution in [3.8, 4) is 0 Å². The fourth-order valence-electron chi connectivity index (χ4n) is 2.08. The van der Waals surface area contributed by atoms with E-state index in [2.05, 4.69) is 10.6 Å². The third-order valence-electron chi connectivity index (χ3n) is 3.62. The van der Waals surface area contributed by atoms with Gasteiger partial charge in [-0.15, -0.1) is 0 Å². The van der Waals surface area contributed by atoms with Gasteiger partial charge in [0.05, 0.1) is 5.41 Å². The minimum atomic E-state index is -0.335. The molecule has 1 aromatic carbocycles. The van der Waals surface area contributed by atoms with Gasteiger partial charge in [-0.2, -0.15) is 0 Å². The maximum Gasteiger partial charge on any atom is 0.230 e. The van der Waals surface area contributed by atoms with Crippen LogP contribution in [-0.4, -0.2) is 25.5 Å². The van der Waals surface area contributed by atoms with Gasteiger partial charge in [-0.05, 0) is 44.5 Å². The average Bonchev–Trinajstić information content (AvgIpc) is 3.17. The number of nitrogens with one attached hydrogen (secondary N) is 2. The molecule has 1 aliphatic carbocycles. The van der Waals surface area contributed by atoms with Crippen LogP contribution in [0.5, 0.6) is 0 Å². The van der Waals surface area contributed by atoms with Crippen LogP contribution < -0.4 is 10.6 Å². The highest BCUT2D eigenvalue weighted by Gasteiger charge is 2.51. The first kappa shape index (κ1) is 13.4. The normalized spacial score (nSPS) is 18.2. The summed E-state index contributed by atoms with van der Waals surface area (Å²) in [5.41, 5.74) is 0.697. The SMILES string of the molecule is CNC(C)CNC(=O)C1(c2cccc(Cl)c2)CC1. The lowest BCUT2D eigenvalue weighted by molar-refractivity contribution is -0.123. The predicted molar refractivity (Wildman–Crippen MR) is 73.9 cm³/mol. The molecular formula is C14H19ClN2O. The zero-order chi connectivity index (χ0) is 13.2. The molecule has 1 atom stereocenters. The first-order valence-corrected chi connectivity index (χ1v) is 6.68. The molecule has 1 saturated carbocycles. The molecule has 1 unspecified atom stereocenters. The van der Waals surface area contributed by atoms with Crippen molar-refractivity contribution in [2.24, 2.45) is 0 Å². The van der Waals surface area contributed by atoms with Crippen molar-refractivity contribution < 1.29 is 4.79 Å². The molecule has 1 fully saturated rings. The van der Waals surface area contributed by atoms with Crippen molar-refractivity contribution in [3.63, 3.8) is 0 Å². The first-order chi connectivity index (χ1) is 8.58. The van der Waals surface area contributed by atoms with E-state index in [9.17, 15) is 4.79 Å². The van der Waals surface area contributed by atoms with Crippen LogP contribution in [0.25, 0.3) is 0 Å². The molecule has 18 heavy (non-hydrogen) atoms. The molecule has 0 heterocycles. The maximum atomic E-state index is 12.3. The molecule has 0 bridgehead atoms. The highest BCUT2D eigenvalue weighted by Crippen LogP contribution is 2.48. The molecule has 0 aromatic heterocycles. The molecule has 4 heteroatoms. The second kappa shape index (κ2) is 5.29. The largest absolute Gasteiger partial charge is 0.354 e. The van der Waals surface area contributed by atoms with E-state index in [1.807, 2.05) is 38.2 Å². The Morgan fingerprint density at radius 3 is 2.78 bits per heavy atom. The zero-order valence-corrected chi connectivity index (χ0v) is 11.6. The third-order valence-corrected chi connectivity index (χ3v) is 3.86. The second-order valence-corrected chi connectivity index (χ2v) is 5.43. The lowest BCUT2D eigenvalue weighted by Crippen LogP contribution is -2.42. The number of hydrogen-bond acceptors (Lipinski definition) is 2. The summed E-state index contributed by atoms with van der Waals surface area (Å²) in [6.07, 6.45) is 1.82. The van der Waals surface area contributed by atoms with Crippen LogP contribution in [-0.2, 0) is 10.2 Å². The fourth-order valence-corrected chi connectivity index (χ4v) is 2.27. The van der Waals surface area contributed by atoms with Crippen LogP contribution in [0.1, 0.15) is 25.3 Å². The molecule has 3 nitrogen and oxygen atoms in total. The number of halogens is 1. The summed E-state index contributed by atoms with van der Waals surface area (Å²) in [6.45, 7) is 2.69. The number of rotatable bonds is 5. The number of benzene rings is 1. The summed E-state index contributed by atoms with van der Waals surface area (Å²) in [5, 5.41) is 6.80. The molecular weight excluding hydrogens is 248 g/mol. The van der Waals surface area contributed by atoms with Gasteiger partial charge in [0.15, 0.2) is 0 Å². The standard InChI is InChI=1S/C14H19ClN2O/c1-10(16-2)9-17-13(18)14(6-7-14)11-4-3-5-12(15)8-11/h3-5,8,10,16H,6-7,9H2,1-2H3,(H,17,18). The Bertz CT molecular complexity index is 443. The first-order valence-electron chi connectivity index (χ1n) is 6.30. The molecule has 1 aromatic rings. The topological polar surface area (TPSA) is 41.1 Å². The van der Waals surface area contributed by atoms with Crippen LogP contribution in [0, 0.1) is 0 Å². The predicted octanol–water partition coefficient (Wildman–Crippen LogP) is 2.10. The van der Waals surface area contributed by atoms with E-state index in [1.54, 1.807) is 0 Å². The number of likely N-dealkylation sites (N-methyl/N-ethyl adjacent to an activating group) is 1. The van der Waals surface area contributed by atoms with E-state index < -0.39 is 0 Å². The molecule has 2 rings (SSSR count). The fraction of sp³-hybridized carbons (Fsp3) is 0.500. The number of carbonyl (C=O) groups excluding carboxylic acids is 1. The second-order valence-electron chi connectivity index (χ2n) is 4.99. The Kier molecular flexibility index (Phi) is 3.93. The minimum absolute atomic E-state index is 0.117. The Morgan fingerprint density at radius 2 is 2.22 bits per heavy atom. The van der Waals surface area contributed by atoms with Crippen molar-refractivity contribution in [2.45, 2.75) is 31.2 Å². The highest BCUT2D eigenvalue weighted by atomic mass is 35.5. The van der Waals surface area contributed by atoms with E-state index in [0.717, 1.165) is 18.4 Å². The summed E-state index contributed by atoms with van der Waals surface area (Å²) in [4.78, 5) is 12.3. The molecule has 0 radical (unpaired) electrons. The molecule has 0 saturated heterocycles. The smallest absolute Gasteiger partial charge is 0.230 e. The van der Waals surface area contributed by atoms with Crippen molar-refractivity contribution in [3.05, 3.63) is 34.9 Å². The molecule has 0 spiro atoms. The van der Waals surface area contributed by atoms with Gasteiger partial charge in [0.1, 0.15) is 0 Å². The third kappa shape index (κ3) is 2.68. The maximum absolute atomic E-state index is 12.3. The molecule has 2 N–H and O–H groups in total. The number of amides is 1. The van der Waals surface area contributed by atoms with E-state index in [1.165, 1.54) is 0 Å². The monoisotopic (exact) mass is 266 g/mol. The van der Waals surface area contributed by atoms with Gasteiger partial charge in [0.25, 0.3) is 0 Å². The molecule has 98 valence electrons. The van der Waals surface area contributed by atoms with Gasteiger partial charge in [-0.25, -0.2) is 0 Å². The Labute approximate surface area is 113 Å². The average molecular weight is 267 g/mol. The quantitative estimate of drug-likeness (QED) is 0.857. The van der Waals surface area contributed by atoms with Gasteiger partial charge in [0.2, 0.25) is 5.91 Å². The molecule has 1 amide bonds. The highest BCUT2D eigenvalue weighted by molar-refractivity contribution is 6.30. The van der Waals surface area contributed by atoms with E-state index in [0.29, 0.717) is 11.6 Å². The number of hydrogen-bond donors (Lipinski definition) is 2. The summed E-state index contributed by atoms with van der Waals surface area (Å²) < 4.78 is 0. The summed E-state index contributed by atoms with van der Waals surface area (Å²) in [7, 11) is 1.89. The van der Waals surface area contributed by atoms with Crippen LogP contribution in [0.4, 0.5) is 0 Å². The Morgan fingerprint density at radius 1 is 1.50 bits per heavy atom. The van der Waals surface area contributed by atoms with Crippen molar-refractivity contribution >= 4 is 17.5 Å². The van der Waals surface area contributed by atoms with Gasteiger partial charge in [0, 0.05) is 17.6 Å². The Hall–Kier alpha value is -1.06. The Balaban J connectivity index is 2.05. The van der Waals surface area contributed by atoms with E-state index in [-0.39, 0.29) is 17.4 Å². The minimum Gasteiger partial charge on any atom is -0.354 e. The lowest BCUT2D eigenvalue weighted by Gasteiger charge is -2.18. The van der Waals surface area contributed by atoms with Crippen LogP contribution in [0.3, 0.4) is 0 Å². The molecule has 0 aliphatic heterocycles.